The molecule has 0 saturated carbocycles. The molecule has 2 aromatic rings. The zero-order valence-electron chi connectivity index (χ0n) is 11.8. The Labute approximate surface area is 123 Å². The second kappa shape index (κ2) is 7.31. The van der Waals surface area contributed by atoms with Gasteiger partial charge < -0.3 is 20.5 Å². The normalized spacial score (nSPS) is 10.1. The summed E-state index contributed by atoms with van der Waals surface area (Å²) in [5, 5.41) is 2.77. The molecule has 5 nitrogen and oxygen atoms in total. The van der Waals surface area contributed by atoms with Crippen molar-refractivity contribution in [3.8, 4) is 5.75 Å². The lowest BCUT2D eigenvalue weighted by Crippen LogP contribution is -2.20. The molecule has 1 amide bonds. The number of hydrogen-bond donors (Lipinski definition) is 2. The fourth-order valence-electron chi connectivity index (χ4n) is 1.86. The molecule has 2 aromatic carbocycles. The maximum absolute atomic E-state index is 11.9. The number of hydrogen-bond acceptors (Lipinski definition) is 4. The van der Waals surface area contributed by atoms with Crippen LogP contribution in [0.2, 0.25) is 0 Å². The molecule has 110 valence electrons. The molecule has 0 heterocycles. The highest BCUT2D eigenvalue weighted by molar-refractivity contribution is 5.92. The van der Waals surface area contributed by atoms with Gasteiger partial charge in [-0.2, -0.15) is 0 Å². The molecule has 3 N–H and O–H groups in total. The number of para-hydroxylation sites is 2. The van der Waals surface area contributed by atoms with Crippen molar-refractivity contribution in [2.24, 2.45) is 0 Å². The number of ether oxygens (including phenoxy) is 2. The van der Waals surface area contributed by atoms with Crippen molar-refractivity contribution in [1.82, 2.24) is 0 Å². The third-order valence-corrected chi connectivity index (χ3v) is 2.80. The Hall–Kier alpha value is -2.53. The summed E-state index contributed by atoms with van der Waals surface area (Å²) in [5.41, 5.74) is 7.95. The Morgan fingerprint density at radius 3 is 2.76 bits per heavy atom. The van der Waals surface area contributed by atoms with Crippen molar-refractivity contribution in [2.45, 2.75) is 6.61 Å². The largest absolute Gasteiger partial charge is 0.482 e. The summed E-state index contributed by atoms with van der Waals surface area (Å²) in [4.78, 5) is 11.9. The van der Waals surface area contributed by atoms with Gasteiger partial charge >= 0.3 is 0 Å². The van der Waals surface area contributed by atoms with Crippen molar-refractivity contribution >= 4 is 17.3 Å². The minimum Gasteiger partial charge on any atom is -0.482 e. The fraction of sp³-hybridized carbons (Fsp3) is 0.188. The predicted molar refractivity (Wildman–Crippen MR) is 82.1 cm³/mol. The van der Waals surface area contributed by atoms with E-state index in [9.17, 15) is 4.79 Å². The number of rotatable bonds is 6. The molecule has 0 atom stereocenters. The Kier molecular flexibility index (Phi) is 5.17. The molecule has 0 aliphatic rings. The van der Waals surface area contributed by atoms with E-state index in [4.69, 9.17) is 15.2 Å². The molecule has 21 heavy (non-hydrogen) atoms. The van der Waals surface area contributed by atoms with Crippen LogP contribution in [0.15, 0.2) is 48.5 Å². The van der Waals surface area contributed by atoms with Crippen LogP contribution in [0.25, 0.3) is 0 Å². The highest BCUT2D eigenvalue weighted by Crippen LogP contribution is 2.19. The number of nitrogens with two attached hydrogens (primary N) is 1. The van der Waals surface area contributed by atoms with Crippen molar-refractivity contribution in [3.05, 3.63) is 54.1 Å². The Morgan fingerprint density at radius 1 is 1.19 bits per heavy atom. The second-order valence-corrected chi connectivity index (χ2v) is 4.51. The molecule has 5 heteroatoms. The predicted octanol–water partition coefficient (Wildman–Crippen LogP) is 2.43. The van der Waals surface area contributed by atoms with Gasteiger partial charge in [-0.15, -0.1) is 0 Å². The Bertz CT molecular complexity index is 614. The first kappa shape index (κ1) is 14.9. The van der Waals surface area contributed by atoms with Gasteiger partial charge in [0.2, 0.25) is 0 Å². The first-order valence-corrected chi connectivity index (χ1v) is 6.54. The summed E-state index contributed by atoms with van der Waals surface area (Å²) in [5.74, 6) is 0.258. The standard InChI is InChI=1S/C16H18N2O3/c1-20-10-12-5-4-6-13(9-12)18-16(19)11-21-15-8-3-2-7-14(15)17/h2-9H,10-11,17H2,1H3,(H,18,19). The fourth-order valence-corrected chi connectivity index (χ4v) is 1.86. The maximum atomic E-state index is 11.9. The zero-order valence-corrected chi connectivity index (χ0v) is 11.8. The van der Waals surface area contributed by atoms with Gasteiger partial charge in [-0.05, 0) is 29.8 Å². The van der Waals surface area contributed by atoms with Gasteiger partial charge in [0.15, 0.2) is 6.61 Å². The van der Waals surface area contributed by atoms with Crippen molar-refractivity contribution < 1.29 is 14.3 Å². The van der Waals surface area contributed by atoms with Gasteiger partial charge in [-0.3, -0.25) is 4.79 Å². The van der Waals surface area contributed by atoms with E-state index in [-0.39, 0.29) is 12.5 Å². The minimum atomic E-state index is -0.243. The lowest BCUT2D eigenvalue weighted by atomic mass is 10.2. The molecule has 0 saturated heterocycles. The van der Waals surface area contributed by atoms with E-state index in [0.29, 0.717) is 23.7 Å². The van der Waals surface area contributed by atoms with E-state index in [1.54, 1.807) is 25.3 Å². The number of anilines is 2. The second-order valence-electron chi connectivity index (χ2n) is 4.51. The van der Waals surface area contributed by atoms with E-state index >= 15 is 0 Å². The van der Waals surface area contributed by atoms with Gasteiger partial charge in [0, 0.05) is 12.8 Å². The summed E-state index contributed by atoms with van der Waals surface area (Å²) in [6, 6.07) is 14.5. The number of nitrogen functional groups attached to an aromatic ring is 1. The molecule has 0 fully saturated rings. The van der Waals surface area contributed by atoms with Gasteiger partial charge in [0.25, 0.3) is 5.91 Å². The molecule has 0 spiro atoms. The average Bonchev–Trinajstić information content (AvgIpc) is 2.47. The summed E-state index contributed by atoms with van der Waals surface area (Å²) in [6.07, 6.45) is 0. The van der Waals surface area contributed by atoms with Crippen LogP contribution in [0, 0.1) is 0 Å². The third kappa shape index (κ3) is 4.50. The Balaban J connectivity index is 1.90. The van der Waals surface area contributed by atoms with Crippen molar-refractivity contribution in [2.75, 3.05) is 24.8 Å². The number of nitrogens with one attached hydrogen (secondary N) is 1. The summed E-state index contributed by atoms with van der Waals surface area (Å²) in [7, 11) is 1.63. The molecule has 0 aliphatic heterocycles. The van der Waals surface area contributed by atoms with Crippen LogP contribution < -0.4 is 15.8 Å². The van der Waals surface area contributed by atoms with Crippen LogP contribution in [0.5, 0.6) is 5.75 Å². The number of amides is 1. The summed E-state index contributed by atoms with van der Waals surface area (Å²) >= 11 is 0. The molecular weight excluding hydrogens is 268 g/mol. The van der Waals surface area contributed by atoms with Crippen LogP contribution in [0.4, 0.5) is 11.4 Å². The summed E-state index contributed by atoms with van der Waals surface area (Å²) in [6.45, 7) is 0.406. The smallest absolute Gasteiger partial charge is 0.262 e. The lowest BCUT2D eigenvalue weighted by Gasteiger charge is -2.10. The highest BCUT2D eigenvalue weighted by atomic mass is 16.5. The first-order chi connectivity index (χ1) is 10.2. The molecule has 2 rings (SSSR count). The number of carbonyl (C=O) groups is 1. The van der Waals surface area contributed by atoms with Crippen LogP contribution >= 0.6 is 0 Å². The highest BCUT2D eigenvalue weighted by Gasteiger charge is 2.06. The average molecular weight is 286 g/mol. The van der Waals surface area contributed by atoms with Crippen molar-refractivity contribution in [3.63, 3.8) is 0 Å². The van der Waals surface area contributed by atoms with Crippen LogP contribution in [0.3, 0.4) is 0 Å². The Morgan fingerprint density at radius 2 is 2.00 bits per heavy atom. The van der Waals surface area contributed by atoms with E-state index in [2.05, 4.69) is 5.32 Å². The molecule has 0 aromatic heterocycles. The number of carbonyl (C=O) groups excluding carboxylic acids is 1. The SMILES string of the molecule is COCc1cccc(NC(=O)COc2ccccc2N)c1. The number of methoxy groups -OCH3 is 1. The van der Waals surface area contributed by atoms with Crippen LogP contribution in [0.1, 0.15) is 5.56 Å². The molecule has 0 bridgehead atoms. The zero-order chi connectivity index (χ0) is 15.1. The van der Waals surface area contributed by atoms with E-state index in [0.717, 1.165) is 5.56 Å². The van der Waals surface area contributed by atoms with E-state index in [1.165, 1.54) is 0 Å². The van der Waals surface area contributed by atoms with Gasteiger partial charge in [-0.1, -0.05) is 24.3 Å². The summed E-state index contributed by atoms with van der Waals surface area (Å²) < 4.78 is 10.4. The molecular formula is C16H18N2O3. The van der Waals surface area contributed by atoms with E-state index < -0.39 is 0 Å². The lowest BCUT2D eigenvalue weighted by molar-refractivity contribution is -0.118. The van der Waals surface area contributed by atoms with Gasteiger partial charge in [-0.25, -0.2) is 0 Å². The molecule has 0 unspecified atom stereocenters. The number of benzene rings is 2. The van der Waals surface area contributed by atoms with Gasteiger partial charge in [0.05, 0.1) is 12.3 Å². The van der Waals surface area contributed by atoms with E-state index in [1.807, 2.05) is 30.3 Å². The van der Waals surface area contributed by atoms with Crippen molar-refractivity contribution in [1.29, 1.82) is 0 Å². The van der Waals surface area contributed by atoms with Crippen LogP contribution in [-0.4, -0.2) is 19.6 Å². The molecule has 0 radical (unpaired) electrons. The molecule has 0 aliphatic carbocycles. The third-order valence-electron chi connectivity index (χ3n) is 2.80. The maximum Gasteiger partial charge on any atom is 0.262 e. The van der Waals surface area contributed by atoms with Crippen LogP contribution in [-0.2, 0) is 16.1 Å². The quantitative estimate of drug-likeness (QED) is 0.800. The topological polar surface area (TPSA) is 73.6 Å². The van der Waals surface area contributed by atoms with Gasteiger partial charge in [0.1, 0.15) is 5.75 Å². The minimum absolute atomic E-state index is 0.0945. The first-order valence-electron chi connectivity index (χ1n) is 6.54. The monoisotopic (exact) mass is 286 g/mol.